The van der Waals surface area contributed by atoms with Crippen molar-refractivity contribution in [3.05, 3.63) is 92.6 Å². The molecule has 1 aliphatic heterocycles. The molecular weight excluding hydrogens is 636 g/mol. The Labute approximate surface area is 282 Å². The zero-order valence-corrected chi connectivity index (χ0v) is 28.2. The zero-order chi connectivity index (χ0) is 35.8. The summed E-state index contributed by atoms with van der Waals surface area (Å²) in [5.41, 5.74) is 0.327. The molecule has 3 heterocycles. The van der Waals surface area contributed by atoms with Crippen LogP contribution in [0.1, 0.15) is 65.4 Å². The Bertz CT molecular complexity index is 1990. The highest BCUT2D eigenvalue weighted by Gasteiger charge is 2.53. The molecule has 0 spiro atoms. The Morgan fingerprint density at radius 3 is 2.47 bits per heavy atom. The van der Waals surface area contributed by atoms with E-state index in [4.69, 9.17) is 23.4 Å². The Kier molecular flexibility index (Phi) is 9.90. The van der Waals surface area contributed by atoms with E-state index >= 15 is 0 Å². The average Bonchev–Trinajstić information content (AvgIpc) is 3.48. The molecule has 1 aliphatic rings. The summed E-state index contributed by atoms with van der Waals surface area (Å²) in [6.45, 7) is 10.6. The van der Waals surface area contributed by atoms with Crippen LogP contribution in [0.4, 0.5) is 5.69 Å². The average molecular weight is 677 g/mol. The van der Waals surface area contributed by atoms with E-state index in [9.17, 15) is 29.7 Å². The second-order valence-corrected chi connectivity index (χ2v) is 12.7. The van der Waals surface area contributed by atoms with E-state index in [0.717, 1.165) is 11.3 Å². The number of methoxy groups -OCH3 is 1. The number of hydrogen-bond acceptors (Lipinski definition) is 11. The number of amides is 1. The molecule has 1 saturated heterocycles. The Hall–Kier alpha value is -5.11. The number of H-pyrrole nitrogens is 1. The lowest BCUT2D eigenvalue weighted by Crippen LogP contribution is -2.65. The number of fused-ring (bicyclic) bond motifs is 1. The normalized spacial score (nSPS) is 20.1. The number of aryl methyl sites for hydroxylation is 2. The highest BCUT2D eigenvalue weighted by molar-refractivity contribution is 6.06. The van der Waals surface area contributed by atoms with E-state index in [-0.39, 0.29) is 39.3 Å². The minimum Gasteiger partial charge on any atom is -0.508 e. The number of carbonyl (C=O) groups excluding carboxylic acids is 2. The summed E-state index contributed by atoms with van der Waals surface area (Å²) in [6, 6.07) is 10.5. The van der Waals surface area contributed by atoms with Gasteiger partial charge in [0.2, 0.25) is 6.29 Å². The van der Waals surface area contributed by atoms with Crippen molar-refractivity contribution in [3.8, 4) is 17.2 Å². The predicted octanol–water partition coefficient (Wildman–Crippen LogP) is 5.03. The number of anilines is 1. The van der Waals surface area contributed by atoms with Gasteiger partial charge in [0.25, 0.3) is 5.91 Å². The summed E-state index contributed by atoms with van der Waals surface area (Å²) >= 11 is 0. The van der Waals surface area contributed by atoms with Gasteiger partial charge in [-0.1, -0.05) is 11.6 Å². The maximum atomic E-state index is 13.1. The number of rotatable bonds is 9. The molecule has 5 N–H and O–H groups in total. The van der Waals surface area contributed by atoms with Crippen LogP contribution < -0.4 is 15.7 Å². The minimum atomic E-state index is -1.51. The summed E-state index contributed by atoms with van der Waals surface area (Å²) in [5, 5.41) is 35.2. The highest BCUT2D eigenvalue weighted by Crippen LogP contribution is 2.39. The van der Waals surface area contributed by atoms with E-state index < -0.39 is 59.1 Å². The zero-order valence-electron chi connectivity index (χ0n) is 28.2. The van der Waals surface area contributed by atoms with Gasteiger partial charge in [0, 0.05) is 23.9 Å². The van der Waals surface area contributed by atoms with Crippen LogP contribution in [-0.2, 0) is 20.6 Å². The lowest BCUT2D eigenvalue weighted by molar-refractivity contribution is -0.305. The van der Waals surface area contributed by atoms with Gasteiger partial charge in [0.1, 0.15) is 28.9 Å². The molecule has 13 nitrogen and oxygen atoms in total. The van der Waals surface area contributed by atoms with E-state index in [1.54, 1.807) is 39.8 Å². The molecule has 5 rings (SSSR count). The summed E-state index contributed by atoms with van der Waals surface area (Å²) in [5.74, 6) is -1.76. The topological polar surface area (TPSA) is 190 Å². The van der Waals surface area contributed by atoms with Gasteiger partial charge < -0.3 is 49.0 Å². The molecule has 4 atom stereocenters. The Morgan fingerprint density at radius 2 is 1.82 bits per heavy atom. The summed E-state index contributed by atoms with van der Waals surface area (Å²) in [7, 11) is 1.41. The molecule has 13 heteroatoms. The van der Waals surface area contributed by atoms with E-state index in [1.165, 1.54) is 37.4 Å². The maximum absolute atomic E-state index is 13.1. The molecule has 0 unspecified atom stereocenters. The number of aromatic hydroxyl groups is 2. The summed E-state index contributed by atoms with van der Waals surface area (Å²) in [4.78, 5) is 42.0. The van der Waals surface area contributed by atoms with Gasteiger partial charge in [-0.15, -0.1) is 0 Å². The molecule has 1 fully saturated rings. The number of phenols is 1. The number of aromatic nitrogens is 1. The van der Waals surface area contributed by atoms with Crippen LogP contribution in [-0.4, -0.2) is 69.5 Å². The first-order chi connectivity index (χ1) is 23.1. The fourth-order valence-corrected chi connectivity index (χ4v) is 5.74. The monoisotopic (exact) mass is 676 g/mol. The van der Waals surface area contributed by atoms with Crippen LogP contribution in [0.2, 0.25) is 0 Å². The summed E-state index contributed by atoms with van der Waals surface area (Å²) in [6.07, 6.45) is -2.62. The van der Waals surface area contributed by atoms with Crippen LogP contribution >= 0.6 is 0 Å². The van der Waals surface area contributed by atoms with Crippen molar-refractivity contribution in [2.45, 2.75) is 78.2 Å². The number of phenolic OH excluding ortho intramolecular Hbond substituents is 1. The first-order valence-corrected chi connectivity index (χ1v) is 15.6. The molecule has 0 saturated carbocycles. The van der Waals surface area contributed by atoms with Crippen molar-refractivity contribution in [3.63, 3.8) is 0 Å². The van der Waals surface area contributed by atoms with Crippen LogP contribution in [0.3, 0.4) is 0 Å². The molecule has 260 valence electrons. The number of allylic oxidation sites excluding steroid dienone is 2. The van der Waals surface area contributed by atoms with Gasteiger partial charge >= 0.3 is 11.6 Å². The molecule has 0 radical (unpaired) electrons. The van der Waals surface area contributed by atoms with Crippen molar-refractivity contribution in [1.29, 1.82) is 0 Å². The number of carbonyl (C=O) groups is 2. The second-order valence-electron chi connectivity index (χ2n) is 12.7. The molecule has 0 bridgehead atoms. The van der Waals surface area contributed by atoms with Crippen molar-refractivity contribution in [1.82, 2.24) is 4.98 Å². The van der Waals surface area contributed by atoms with E-state index in [0.29, 0.717) is 12.0 Å². The molecule has 4 aromatic rings. The fourth-order valence-electron chi connectivity index (χ4n) is 5.74. The van der Waals surface area contributed by atoms with Gasteiger partial charge in [0.15, 0.2) is 23.6 Å². The Balaban J connectivity index is 1.40. The number of benzene rings is 2. The number of esters is 1. The first-order valence-electron chi connectivity index (χ1n) is 15.6. The maximum Gasteiger partial charge on any atom is 0.364 e. The van der Waals surface area contributed by atoms with Gasteiger partial charge in [-0.3, -0.25) is 4.79 Å². The third-order valence-electron chi connectivity index (χ3n) is 8.37. The summed E-state index contributed by atoms with van der Waals surface area (Å²) < 4.78 is 29.0. The third kappa shape index (κ3) is 7.19. The molecule has 1 amide bonds. The molecule has 49 heavy (non-hydrogen) atoms. The quantitative estimate of drug-likeness (QED) is 0.0909. The fraction of sp³-hybridized carbons (Fsp3) is 0.361. The van der Waals surface area contributed by atoms with Gasteiger partial charge in [-0.05, 0) is 96.0 Å². The van der Waals surface area contributed by atoms with Crippen molar-refractivity contribution in [2.24, 2.45) is 0 Å². The molecule has 2 aromatic carbocycles. The first kappa shape index (κ1) is 35.2. The number of aliphatic hydroxyl groups is 1. The van der Waals surface area contributed by atoms with Gasteiger partial charge in [-0.25, -0.2) is 9.59 Å². The number of aliphatic hydroxyl groups excluding tert-OH is 1. The number of hydrogen-bond donors (Lipinski definition) is 5. The van der Waals surface area contributed by atoms with Crippen LogP contribution in [0.25, 0.3) is 11.0 Å². The largest absolute Gasteiger partial charge is 0.508 e. The molecule has 0 aliphatic carbocycles. The minimum absolute atomic E-state index is 0.0204. The highest BCUT2D eigenvalue weighted by atomic mass is 16.7. The Morgan fingerprint density at radius 1 is 1.08 bits per heavy atom. The van der Waals surface area contributed by atoms with E-state index in [2.05, 4.69) is 10.3 Å². The standard InChI is InChI=1S/C36H40N2O11/c1-17(2)8-10-20-16-21(11-14-24(20)39)32(42)38-26-27(40)22-12-15-25(19(4)29(22)47-34(26)44)46-35-28(41)30(31(45-7)36(5,6)49-35)48-33(43)23-13-9-18(3)37-23/h8-9,11-16,28,30-31,35,37,39-41H,10H2,1-7H3,(H,38,42)/t28-,30+,31-,35-/m1/s1. The van der Waals surface area contributed by atoms with Gasteiger partial charge in [0.05, 0.1) is 11.0 Å². The van der Waals surface area contributed by atoms with Crippen LogP contribution in [0, 0.1) is 13.8 Å². The lowest BCUT2D eigenvalue weighted by Gasteiger charge is -2.47. The lowest BCUT2D eigenvalue weighted by atomic mass is 9.89. The van der Waals surface area contributed by atoms with Gasteiger partial charge in [-0.2, -0.15) is 0 Å². The van der Waals surface area contributed by atoms with Crippen molar-refractivity contribution in [2.75, 3.05) is 12.4 Å². The van der Waals surface area contributed by atoms with E-state index in [1.807, 2.05) is 19.9 Å². The molecular formula is C36H40N2O11. The van der Waals surface area contributed by atoms with Crippen molar-refractivity contribution < 1.29 is 48.3 Å². The third-order valence-corrected chi connectivity index (χ3v) is 8.37. The smallest absolute Gasteiger partial charge is 0.364 e. The second kappa shape index (κ2) is 13.8. The number of ether oxygens (including phenoxy) is 4. The van der Waals surface area contributed by atoms with Crippen LogP contribution in [0.5, 0.6) is 17.2 Å². The van der Waals surface area contributed by atoms with Crippen LogP contribution in [0.15, 0.2) is 63.3 Å². The number of aromatic amines is 1. The predicted molar refractivity (Wildman–Crippen MR) is 179 cm³/mol. The van der Waals surface area contributed by atoms with Crippen molar-refractivity contribution >= 4 is 28.5 Å². The number of nitrogens with one attached hydrogen (secondary N) is 2. The SMILES string of the molecule is CO[C@@H]1[C@@H](OC(=O)c2ccc(C)[nH]2)[C@@H](O)[C@H](Oc2ccc3c(O)c(NC(=O)c4ccc(O)c(CC=C(C)C)c4)c(=O)oc3c2C)OC1(C)C. The molecule has 2 aromatic heterocycles.